The second-order valence-electron chi connectivity index (χ2n) is 20.2. The fraction of sp³-hybridized carbons (Fsp3) is 0.930. The van der Waals surface area contributed by atoms with E-state index in [2.05, 4.69) is 22.2 Å². The molecule has 9 nitrogen and oxygen atoms in total. The van der Waals surface area contributed by atoms with Crippen molar-refractivity contribution in [2.75, 3.05) is 59.9 Å². The van der Waals surface area contributed by atoms with Crippen molar-refractivity contribution in [1.29, 1.82) is 0 Å². The zero-order valence-corrected chi connectivity index (χ0v) is 33.8. The number of hydrogen-bond donors (Lipinski definition) is 2. The lowest BCUT2D eigenvalue weighted by atomic mass is 9.43. The number of amides is 3. The number of carbonyl (C=O) groups excluding carboxylic acids is 3. The van der Waals surface area contributed by atoms with E-state index in [1.54, 1.807) is 4.90 Å². The lowest BCUT2D eigenvalue weighted by Gasteiger charge is -2.63. The van der Waals surface area contributed by atoms with Gasteiger partial charge in [-0.3, -0.25) is 14.4 Å². The Balaban J connectivity index is 0.978. The maximum atomic E-state index is 15.0. The van der Waals surface area contributed by atoms with Gasteiger partial charge < -0.3 is 30.0 Å². The van der Waals surface area contributed by atoms with Gasteiger partial charge in [0.25, 0.3) is 0 Å². The number of nitrogens with one attached hydrogen (secondary N) is 1. The SMILES string of the molecule is CN1CCN(CC23CC4CC(C2)CC(C(=O)N2C[C@H](O)CC2C(=O)NC(CC2CCC5CCCCC5C2)C(=O)N(C)CC2CCCCC2Cl)(C4)C3)CC1. The van der Waals surface area contributed by atoms with Gasteiger partial charge in [-0.05, 0) is 119 Å². The predicted octanol–water partition coefficient (Wildman–Crippen LogP) is 5.52. The van der Waals surface area contributed by atoms with Gasteiger partial charge in [0, 0.05) is 64.7 Å². The van der Waals surface area contributed by atoms with Crippen LogP contribution in [-0.4, -0.2) is 126 Å². The average molecular weight is 757 g/mol. The standard InChI is InChI=1S/C43H70ClN5O4/c1-46-13-15-48(16-14-46)28-42-21-30-17-31(22-42)24-43(23-30,27-42)41(53)49-26-35(50)20-38(49)39(51)45-37(19-29-11-12-32-7-3-4-8-33(32)18-29)40(52)47(2)25-34-9-5-6-10-36(34)44/h29-38,50H,3-28H2,1-2H3,(H,45,51)/t29?,30?,31?,32?,33?,34?,35-,36?,37?,38?,42?,43?/m1/s1. The first-order valence-corrected chi connectivity index (χ1v) is 22.5. The minimum atomic E-state index is -0.737. The van der Waals surface area contributed by atoms with E-state index in [0.29, 0.717) is 30.7 Å². The first-order valence-electron chi connectivity index (χ1n) is 22.1. The van der Waals surface area contributed by atoms with Crippen LogP contribution in [-0.2, 0) is 14.4 Å². The molecule has 3 amide bonds. The van der Waals surface area contributed by atoms with Gasteiger partial charge in [-0.2, -0.15) is 0 Å². The number of nitrogens with zero attached hydrogens (tertiary/aromatic N) is 4. The van der Waals surface area contributed by atoms with Gasteiger partial charge in [0.15, 0.2) is 0 Å². The molecule has 9 rings (SSSR count). The number of aliphatic hydroxyl groups is 1. The number of β-amino-alcohol motifs (C(OH)–C–C–N with tert-alkyl or cyclic N) is 1. The maximum Gasteiger partial charge on any atom is 0.244 e. The number of likely N-dealkylation sites (tertiary alicyclic amines) is 1. The molecule has 2 N–H and O–H groups in total. The molecule has 7 aliphatic carbocycles. The molecule has 7 saturated carbocycles. The van der Waals surface area contributed by atoms with E-state index in [9.17, 15) is 19.5 Å². The Morgan fingerprint density at radius 1 is 0.868 bits per heavy atom. The van der Waals surface area contributed by atoms with Crippen LogP contribution in [0, 0.1) is 46.3 Å². The molecule has 0 aromatic rings. The summed E-state index contributed by atoms with van der Waals surface area (Å²) in [6.07, 6.45) is 19.7. The zero-order valence-electron chi connectivity index (χ0n) is 33.0. The second kappa shape index (κ2) is 15.8. The van der Waals surface area contributed by atoms with Gasteiger partial charge in [0.05, 0.1) is 11.5 Å². The molecule has 2 saturated heterocycles. The molecule has 10 atom stereocenters. The van der Waals surface area contributed by atoms with E-state index in [1.165, 1.54) is 51.4 Å². The van der Waals surface area contributed by atoms with E-state index in [0.717, 1.165) is 102 Å². The van der Waals surface area contributed by atoms with Crippen LogP contribution in [0.3, 0.4) is 0 Å². The molecular formula is C43H70ClN5O4. The average Bonchev–Trinajstić information content (AvgIpc) is 3.53. The van der Waals surface area contributed by atoms with Crippen LogP contribution < -0.4 is 5.32 Å². The Bertz CT molecular complexity index is 1330. The molecule has 9 aliphatic rings. The van der Waals surface area contributed by atoms with Crippen molar-refractivity contribution in [2.24, 2.45) is 46.3 Å². The number of piperazine rings is 1. The van der Waals surface area contributed by atoms with Crippen molar-refractivity contribution in [3.05, 3.63) is 0 Å². The fourth-order valence-electron chi connectivity index (χ4n) is 14.0. The number of fused-ring (bicyclic) bond motifs is 1. The molecule has 2 heterocycles. The maximum absolute atomic E-state index is 15.0. The quantitative estimate of drug-likeness (QED) is 0.286. The van der Waals surface area contributed by atoms with Crippen LogP contribution in [0.2, 0.25) is 0 Å². The summed E-state index contributed by atoms with van der Waals surface area (Å²) in [5.41, 5.74) is -0.267. The van der Waals surface area contributed by atoms with Crippen LogP contribution in [0.1, 0.15) is 122 Å². The van der Waals surface area contributed by atoms with Crippen LogP contribution in [0.25, 0.3) is 0 Å². The summed E-state index contributed by atoms with van der Waals surface area (Å²) in [6, 6.07) is -1.37. The minimum absolute atomic E-state index is 0.0260. The van der Waals surface area contributed by atoms with Crippen molar-refractivity contribution in [2.45, 2.75) is 146 Å². The number of rotatable bonds is 10. The summed E-state index contributed by atoms with van der Waals surface area (Å²) >= 11 is 6.76. The van der Waals surface area contributed by atoms with Gasteiger partial charge in [-0.15, -0.1) is 11.6 Å². The third kappa shape index (κ3) is 8.21. The Hall–Kier alpha value is -1.42. The smallest absolute Gasteiger partial charge is 0.244 e. The number of aliphatic hydroxyl groups excluding tert-OH is 1. The number of alkyl halides is 1. The Morgan fingerprint density at radius 2 is 1.57 bits per heavy atom. The third-order valence-corrected chi connectivity index (χ3v) is 16.7. The lowest BCUT2D eigenvalue weighted by Crippen LogP contribution is -2.62. The van der Waals surface area contributed by atoms with E-state index in [-0.39, 0.29) is 47.4 Å². The first kappa shape index (κ1) is 38.5. The molecule has 10 heteroatoms. The largest absolute Gasteiger partial charge is 0.391 e. The van der Waals surface area contributed by atoms with Crippen molar-refractivity contribution >= 4 is 29.3 Å². The molecule has 4 bridgehead atoms. The molecule has 53 heavy (non-hydrogen) atoms. The number of hydrogen-bond acceptors (Lipinski definition) is 6. The summed E-state index contributed by atoms with van der Waals surface area (Å²) in [5, 5.41) is 14.4. The third-order valence-electron chi connectivity index (χ3n) is 16.2. The van der Waals surface area contributed by atoms with Gasteiger partial charge >= 0.3 is 0 Å². The van der Waals surface area contributed by atoms with Crippen LogP contribution in [0.4, 0.5) is 0 Å². The highest BCUT2D eigenvalue weighted by Gasteiger charge is 2.62. The highest BCUT2D eigenvalue weighted by molar-refractivity contribution is 6.20. The van der Waals surface area contributed by atoms with Gasteiger partial charge in [-0.1, -0.05) is 44.9 Å². The topological polar surface area (TPSA) is 96.4 Å². The van der Waals surface area contributed by atoms with Crippen LogP contribution >= 0.6 is 11.6 Å². The molecule has 9 fully saturated rings. The summed E-state index contributed by atoms with van der Waals surface area (Å²) in [4.78, 5) is 52.6. The van der Waals surface area contributed by atoms with Gasteiger partial charge in [-0.25, -0.2) is 0 Å². The zero-order chi connectivity index (χ0) is 36.9. The van der Waals surface area contributed by atoms with Crippen molar-refractivity contribution in [3.63, 3.8) is 0 Å². The molecule has 9 unspecified atom stereocenters. The Labute approximate surface area is 324 Å². The number of likely N-dealkylation sites (N-methyl/N-ethyl adjacent to an activating group) is 2. The molecule has 298 valence electrons. The molecule has 0 radical (unpaired) electrons. The van der Waals surface area contributed by atoms with Crippen molar-refractivity contribution in [3.8, 4) is 0 Å². The molecule has 0 aromatic carbocycles. The van der Waals surface area contributed by atoms with E-state index in [1.807, 2.05) is 11.9 Å². The first-order chi connectivity index (χ1) is 25.5. The van der Waals surface area contributed by atoms with E-state index in [4.69, 9.17) is 11.6 Å². The number of halogens is 1. The minimum Gasteiger partial charge on any atom is -0.391 e. The van der Waals surface area contributed by atoms with Gasteiger partial charge in [0.2, 0.25) is 17.7 Å². The Morgan fingerprint density at radius 3 is 2.30 bits per heavy atom. The molecular weight excluding hydrogens is 686 g/mol. The summed E-state index contributed by atoms with van der Waals surface area (Å²) in [6.45, 7) is 6.30. The monoisotopic (exact) mass is 756 g/mol. The summed E-state index contributed by atoms with van der Waals surface area (Å²) in [5.74, 6) is 3.20. The van der Waals surface area contributed by atoms with E-state index < -0.39 is 23.6 Å². The molecule has 0 spiro atoms. The van der Waals surface area contributed by atoms with Crippen LogP contribution in [0.15, 0.2) is 0 Å². The summed E-state index contributed by atoms with van der Waals surface area (Å²) < 4.78 is 0. The molecule has 2 aliphatic heterocycles. The normalized spacial score (nSPS) is 42.3. The predicted molar refractivity (Wildman–Crippen MR) is 208 cm³/mol. The highest BCUT2D eigenvalue weighted by Crippen LogP contribution is 2.66. The summed E-state index contributed by atoms with van der Waals surface area (Å²) in [7, 11) is 4.09. The van der Waals surface area contributed by atoms with E-state index >= 15 is 0 Å². The van der Waals surface area contributed by atoms with Crippen molar-refractivity contribution in [1.82, 2.24) is 24.9 Å². The lowest BCUT2D eigenvalue weighted by molar-refractivity contribution is -0.172. The second-order valence-corrected chi connectivity index (χ2v) is 20.8. The Kier molecular flexibility index (Phi) is 11.5. The highest BCUT2D eigenvalue weighted by atomic mass is 35.5. The number of carbonyl (C=O) groups is 3. The van der Waals surface area contributed by atoms with Crippen LogP contribution in [0.5, 0.6) is 0 Å². The molecule has 0 aromatic heterocycles. The van der Waals surface area contributed by atoms with Gasteiger partial charge in [0.1, 0.15) is 12.1 Å². The fourth-order valence-corrected chi connectivity index (χ4v) is 14.4. The van der Waals surface area contributed by atoms with Crippen molar-refractivity contribution < 1.29 is 19.5 Å².